The van der Waals surface area contributed by atoms with Gasteiger partial charge < -0.3 is 0 Å². The maximum absolute atomic E-state index is 11.5. The van der Waals surface area contributed by atoms with E-state index >= 15 is 0 Å². The molecule has 1 aliphatic carbocycles. The monoisotopic (exact) mass is 731 g/mol. The maximum atomic E-state index is 11.5. The molecule has 2 amide bonds. The first-order chi connectivity index (χ1) is 27.6. The zero-order valence-electron chi connectivity index (χ0n) is 30.8. The minimum atomic E-state index is -0.881. The van der Waals surface area contributed by atoms with Crippen LogP contribution in [-0.2, 0) is 5.91 Å². The van der Waals surface area contributed by atoms with Crippen molar-refractivity contribution in [1.82, 2.24) is 14.0 Å². The Bertz CT molecular complexity index is 3190. The van der Waals surface area contributed by atoms with Crippen LogP contribution >= 0.6 is 0 Å². The second-order valence-electron chi connectivity index (χ2n) is 14.4. The van der Waals surface area contributed by atoms with E-state index in [0.717, 1.165) is 78.6 Å². The SMILES string of the molecule is C1=CC2C3=Nc4c5ccccc5c5n4C46n7c(c8ccccc8c7=NC(=[N+]34)C2C=C1)=NC1=[N+]6C(=N5)c2ccccc21.CC.CCN1C(=O)c2ccccc2C1=O. The number of rotatable bonds is 1. The third kappa shape index (κ3) is 3.42. The second-order valence-corrected chi connectivity index (χ2v) is 14.4. The number of hydrogen-bond acceptors (Lipinski definition) is 6. The summed E-state index contributed by atoms with van der Waals surface area (Å²) >= 11 is 0. The molecule has 0 radical (unpaired) electrons. The van der Waals surface area contributed by atoms with E-state index < -0.39 is 5.91 Å². The molecule has 14 rings (SSSR count). The van der Waals surface area contributed by atoms with Crippen LogP contribution in [0.5, 0.6) is 0 Å². The van der Waals surface area contributed by atoms with Gasteiger partial charge in [-0.2, -0.15) is 13.7 Å². The Hall–Kier alpha value is -7.14. The molecule has 3 unspecified atom stereocenters. The minimum absolute atomic E-state index is 0.0907. The first-order valence-corrected chi connectivity index (χ1v) is 19.2. The molecule has 56 heavy (non-hydrogen) atoms. The number of nitrogens with zero attached hydrogens (tertiary/aromatic N) is 9. The van der Waals surface area contributed by atoms with Gasteiger partial charge in [-0.3, -0.25) is 14.5 Å². The highest BCUT2D eigenvalue weighted by Gasteiger charge is 2.70. The van der Waals surface area contributed by atoms with Crippen molar-refractivity contribution in [2.24, 2.45) is 31.8 Å². The smallest absolute Gasteiger partial charge is 0.275 e. The lowest BCUT2D eigenvalue weighted by atomic mass is 9.89. The van der Waals surface area contributed by atoms with Crippen molar-refractivity contribution < 1.29 is 18.7 Å². The van der Waals surface area contributed by atoms with E-state index in [2.05, 4.69) is 115 Å². The number of aliphatic imine (C=N–C) groups is 2. The number of aromatic nitrogens is 2. The Labute approximate surface area is 319 Å². The Morgan fingerprint density at radius 3 is 1.77 bits per heavy atom. The third-order valence-electron chi connectivity index (χ3n) is 11.9. The molecule has 0 bridgehead atoms. The fourth-order valence-electron chi connectivity index (χ4n) is 9.77. The van der Waals surface area contributed by atoms with E-state index in [-0.39, 0.29) is 23.7 Å². The van der Waals surface area contributed by atoms with Crippen LogP contribution in [0, 0.1) is 11.8 Å². The lowest BCUT2D eigenvalue weighted by Crippen LogP contribution is -2.71. The van der Waals surface area contributed by atoms with Crippen molar-refractivity contribution in [3.63, 3.8) is 0 Å². The van der Waals surface area contributed by atoms with Gasteiger partial charge in [0.05, 0.1) is 34.1 Å². The molecule has 0 fully saturated rings. The molecule has 4 aromatic carbocycles. The van der Waals surface area contributed by atoms with Gasteiger partial charge in [0.1, 0.15) is 0 Å². The van der Waals surface area contributed by atoms with E-state index in [1.807, 2.05) is 13.8 Å². The molecule has 0 saturated carbocycles. The molecule has 2 aromatic heterocycles. The number of amidine groups is 4. The molecule has 0 saturated heterocycles. The summed E-state index contributed by atoms with van der Waals surface area (Å²) in [5.41, 5.74) is 5.09. The quantitative estimate of drug-likeness (QED) is 0.153. The number of imide groups is 1. The van der Waals surface area contributed by atoms with Crippen LogP contribution in [0.4, 0.5) is 11.6 Å². The largest absolute Gasteiger partial charge is 0.404 e. The maximum Gasteiger partial charge on any atom is 0.404 e. The molecule has 1 spiro atoms. The lowest BCUT2D eigenvalue weighted by Gasteiger charge is -2.40. The molecule has 3 atom stereocenters. The molecule has 9 heterocycles. The zero-order valence-corrected chi connectivity index (χ0v) is 30.8. The highest BCUT2D eigenvalue weighted by molar-refractivity contribution is 6.21. The van der Waals surface area contributed by atoms with E-state index in [1.165, 1.54) is 4.90 Å². The Morgan fingerprint density at radius 1 is 0.589 bits per heavy atom. The van der Waals surface area contributed by atoms with Gasteiger partial charge in [0.15, 0.2) is 0 Å². The van der Waals surface area contributed by atoms with E-state index in [9.17, 15) is 9.59 Å². The molecule has 6 aromatic rings. The first kappa shape index (κ1) is 31.2. The summed E-state index contributed by atoms with van der Waals surface area (Å²) in [6.45, 7) is 6.23. The van der Waals surface area contributed by atoms with E-state index in [4.69, 9.17) is 20.0 Å². The molecular formula is C45H33N9O2+2. The van der Waals surface area contributed by atoms with Crippen LogP contribution in [0.3, 0.4) is 0 Å². The fraction of sp³-hybridized carbons (Fsp3) is 0.156. The lowest BCUT2D eigenvalue weighted by molar-refractivity contribution is -0.791. The normalized spacial score (nSPS) is 22.6. The number of amides is 2. The molecule has 268 valence electrons. The standard InChI is InChI=1S/C33H18N8.C10H9NO2.C2H6/c1-2-10-18-17(9-1)25-34-27-19-11-3-4-12-20(19)29-36-31-23-15-7-8-16-24(23)32-37-30-22-14-6-5-13-21(22)28-35-26(18)38(25)33(39(27)29,40(28)30)41(31)32;1-2-11-9(12)7-5-3-4-6-8(7)10(11)13;1-2/h1-18H;3-6H,2H2,1H3;1-2H3/q+2;;. The van der Waals surface area contributed by atoms with Crippen molar-refractivity contribution in [1.29, 1.82) is 0 Å². The number of hydrogen-bond donors (Lipinski definition) is 0. The summed E-state index contributed by atoms with van der Waals surface area (Å²) in [4.78, 5) is 46.2. The summed E-state index contributed by atoms with van der Waals surface area (Å²) in [6.07, 6.45) is 8.86. The topological polar surface area (TPSA) is 103 Å². The highest BCUT2D eigenvalue weighted by Crippen LogP contribution is 2.53. The number of allylic oxidation sites excluding steroid dienone is 2. The summed E-state index contributed by atoms with van der Waals surface area (Å²) in [5, 5.41) is 4.41. The number of carbonyl (C=O) groups is 2. The predicted molar refractivity (Wildman–Crippen MR) is 213 cm³/mol. The van der Waals surface area contributed by atoms with Crippen molar-refractivity contribution in [3.05, 3.63) is 155 Å². The van der Waals surface area contributed by atoms with Gasteiger partial charge in [0, 0.05) is 28.1 Å². The van der Waals surface area contributed by atoms with Gasteiger partial charge in [-0.05, 0) is 55.5 Å². The van der Waals surface area contributed by atoms with Gasteiger partial charge in [-0.25, -0.2) is 0 Å². The van der Waals surface area contributed by atoms with Crippen molar-refractivity contribution >= 4 is 68.3 Å². The molecule has 11 heteroatoms. The van der Waals surface area contributed by atoms with Crippen molar-refractivity contribution in [2.75, 3.05) is 6.54 Å². The van der Waals surface area contributed by atoms with Gasteiger partial charge in [0.25, 0.3) is 35.2 Å². The summed E-state index contributed by atoms with van der Waals surface area (Å²) < 4.78 is 9.48. The van der Waals surface area contributed by atoms with Gasteiger partial charge in [-0.1, -0.05) is 107 Å². The molecule has 8 aliphatic rings. The van der Waals surface area contributed by atoms with Crippen LogP contribution < -0.4 is 11.0 Å². The Morgan fingerprint density at radius 2 is 1.12 bits per heavy atom. The van der Waals surface area contributed by atoms with Crippen LogP contribution in [0.15, 0.2) is 141 Å². The molecule has 11 nitrogen and oxygen atoms in total. The minimum Gasteiger partial charge on any atom is -0.275 e. The first-order valence-electron chi connectivity index (χ1n) is 19.2. The number of benzene rings is 4. The molecular weight excluding hydrogens is 699 g/mol. The van der Waals surface area contributed by atoms with Gasteiger partial charge >= 0.3 is 5.91 Å². The third-order valence-corrected chi connectivity index (χ3v) is 11.9. The number of carbonyl (C=O) groups excluding carboxylic acids is 2. The Kier molecular flexibility index (Phi) is 6.00. The average molecular weight is 732 g/mol. The van der Waals surface area contributed by atoms with Crippen molar-refractivity contribution in [2.45, 2.75) is 26.7 Å². The predicted octanol–water partition coefficient (Wildman–Crippen LogP) is 6.00. The van der Waals surface area contributed by atoms with Gasteiger partial charge in [-0.15, -0.1) is 4.58 Å². The summed E-state index contributed by atoms with van der Waals surface area (Å²) in [6, 6.07) is 32.5. The molecule has 7 aliphatic heterocycles. The zero-order chi connectivity index (χ0) is 37.6. The number of fused-ring (bicyclic) bond motifs is 13. The summed E-state index contributed by atoms with van der Waals surface area (Å²) in [5.74, 6) is 4.66. The van der Waals surface area contributed by atoms with E-state index in [1.54, 1.807) is 31.2 Å². The van der Waals surface area contributed by atoms with Gasteiger partial charge in [0.2, 0.25) is 22.6 Å². The second kappa shape index (κ2) is 10.8. The van der Waals surface area contributed by atoms with Crippen molar-refractivity contribution in [3.8, 4) is 0 Å². The van der Waals surface area contributed by atoms with E-state index in [0.29, 0.717) is 17.7 Å². The van der Waals surface area contributed by atoms with Crippen LogP contribution in [0.2, 0.25) is 0 Å². The molecule has 0 N–H and O–H groups in total. The van der Waals surface area contributed by atoms with Crippen LogP contribution in [0.1, 0.15) is 52.6 Å². The Balaban J connectivity index is 0.000000196. The van der Waals surface area contributed by atoms with Crippen LogP contribution in [-0.4, -0.2) is 64.9 Å². The highest BCUT2D eigenvalue weighted by atomic mass is 16.2. The average Bonchev–Trinajstić information content (AvgIpc) is 4.02. The fourth-order valence-corrected chi connectivity index (χ4v) is 9.77. The summed E-state index contributed by atoms with van der Waals surface area (Å²) in [7, 11) is 0. The van der Waals surface area contributed by atoms with Crippen LogP contribution in [0.25, 0.3) is 21.5 Å².